The minimum Gasteiger partial charge on any atom is -0.111 e. The van der Waals surface area contributed by atoms with Crippen LogP contribution in [0.15, 0.2) is 19.0 Å². The van der Waals surface area contributed by atoms with Crippen molar-refractivity contribution in [1.29, 1.82) is 0 Å². The van der Waals surface area contributed by atoms with E-state index < -0.39 is 0 Å². The molecule has 0 aromatic rings. The maximum atomic E-state index is 5.79. The Hall–Kier alpha value is 1.31. The second-order valence-corrected chi connectivity index (χ2v) is 4.56. The van der Waals surface area contributed by atoms with Gasteiger partial charge in [0.25, 0.3) is 0 Å². The minimum atomic E-state index is -0.330. The van der Waals surface area contributed by atoms with Crippen LogP contribution in [0.1, 0.15) is 0 Å². The highest BCUT2D eigenvalue weighted by Crippen LogP contribution is 2.45. The first-order valence-electron chi connectivity index (χ1n) is 2.30. The molecule has 1 aliphatic carbocycles. The molecule has 0 aliphatic heterocycles. The molecular formula is C5HBr2Cl3. The van der Waals surface area contributed by atoms with Gasteiger partial charge in [0.1, 0.15) is 5.38 Å². The molecule has 56 valence electrons. The molecule has 1 aliphatic rings. The van der Waals surface area contributed by atoms with E-state index in [2.05, 4.69) is 31.9 Å². The number of allylic oxidation sites excluding steroid dienone is 4. The molecular weight excluding hydrogens is 326 g/mol. The fourth-order valence-electron chi connectivity index (χ4n) is 0.543. The Morgan fingerprint density at radius 3 is 1.80 bits per heavy atom. The number of rotatable bonds is 0. The molecule has 5 heteroatoms. The summed E-state index contributed by atoms with van der Waals surface area (Å²) in [7, 11) is 0. The van der Waals surface area contributed by atoms with Gasteiger partial charge in [0.05, 0.1) is 10.1 Å². The van der Waals surface area contributed by atoms with Gasteiger partial charge >= 0.3 is 0 Å². The molecule has 10 heavy (non-hydrogen) atoms. The monoisotopic (exact) mass is 324 g/mol. The van der Waals surface area contributed by atoms with Gasteiger partial charge in [-0.3, -0.25) is 0 Å². The number of hydrogen-bond donors (Lipinski definition) is 0. The Morgan fingerprint density at radius 1 is 1.20 bits per heavy atom. The van der Waals surface area contributed by atoms with Gasteiger partial charge in [-0.1, -0.05) is 39.1 Å². The third-order valence-electron chi connectivity index (χ3n) is 1.06. The lowest BCUT2D eigenvalue weighted by Crippen LogP contribution is -1.91. The lowest BCUT2D eigenvalue weighted by Gasteiger charge is -1.97. The fourth-order valence-corrected chi connectivity index (χ4v) is 2.59. The standard InChI is InChI=1S/C5HBr2Cl3/c6-1-2(7)4(9)5(10)3(1)8/h3H. The van der Waals surface area contributed by atoms with E-state index in [9.17, 15) is 0 Å². The summed E-state index contributed by atoms with van der Waals surface area (Å²) in [6.45, 7) is 0. The van der Waals surface area contributed by atoms with Crippen LogP contribution in [0.2, 0.25) is 0 Å². The molecule has 0 radical (unpaired) electrons. The van der Waals surface area contributed by atoms with E-state index in [1.54, 1.807) is 0 Å². The molecule has 0 aromatic heterocycles. The van der Waals surface area contributed by atoms with Crippen molar-refractivity contribution in [3.8, 4) is 0 Å². The van der Waals surface area contributed by atoms with Gasteiger partial charge in [0.2, 0.25) is 0 Å². The quantitative estimate of drug-likeness (QED) is 0.582. The van der Waals surface area contributed by atoms with Crippen LogP contribution in [0.25, 0.3) is 0 Å². The summed E-state index contributed by atoms with van der Waals surface area (Å²) in [5.41, 5.74) is 0. The van der Waals surface area contributed by atoms with Gasteiger partial charge in [0, 0.05) is 8.96 Å². The van der Waals surface area contributed by atoms with Gasteiger partial charge in [-0.2, -0.15) is 0 Å². The topological polar surface area (TPSA) is 0 Å². The first-order valence-corrected chi connectivity index (χ1v) is 5.08. The van der Waals surface area contributed by atoms with Crippen LogP contribution in [0.5, 0.6) is 0 Å². The molecule has 0 saturated carbocycles. The molecule has 1 atom stereocenters. The lowest BCUT2D eigenvalue weighted by molar-refractivity contribution is 1.38. The first kappa shape index (κ1) is 9.40. The Balaban J connectivity index is 3.09. The van der Waals surface area contributed by atoms with Crippen molar-refractivity contribution in [2.24, 2.45) is 0 Å². The maximum Gasteiger partial charge on any atom is 0.103 e. The summed E-state index contributed by atoms with van der Waals surface area (Å²) in [6, 6.07) is 0. The highest BCUT2D eigenvalue weighted by atomic mass is 79.9. The average Bonchev–Trinajstić information content (AvgIpc) is 2.07. The molecule has 0 bridgehead atoms. The van der Waals surface area contributed by atoms with Crippen LogP contribution in [0.3, 0.4) is 0 Å². The number of halogens is 5. The van der Waals surface area contributed by atoms with E-state index >= 15 is 0 Å². The van der Waals surface area contributed by atoms with Crippen LogP contribution in [-0.2, 0) is 0 Å². The SMILES string of the molecule is ClC1=C(Cl)C(Cl)C(Br)=C1Br. The van der Waals surface area contributed by atoms with Gasteiger partial charge in [-0.15, -0.1) is 11.6 Å². The predicted molar refractivity (Wildman–Crippen MR) is 53.3 cm³/mol. The van der Waals surface area contributed by atoms with E-state index in [4.69, 9.17) is 34.8 Å². The zero-order chi connectivity index (χ0) is 7.89. The molecule has 1 rings (SSSR count). The predicted octanol–water partition coefficient (Wildman–Crippen LogP) is 4.30. The average molecular weight is 327 g/mol. The molecule has 0 nitrogen and oxygen atoms in total. The molecule has 0 aromatic carbocycles. The van der Waals surface area contributed by atoms with Crippen LogP contribution < -0.4 is 0 Å². The highest BCUT2D eigenvalue weighted by Gasteiger charge is 2.27. The van der Waals surface area contributed by atoms with Crippen molar-refractivity contribution in [1.82, 2.24) is 0 Å². The molecule has 0 N–H and O–H groups in total. The van der Waals surface area contributed by atoms with Crippen LogP contribution >= 0.6 is 66.7 Å². The molecule has 0 fully saturated rings. The summed E-state index contributed by atoms with van der Waals surface area (Å²) >= 11 is 23.7. The normalized spacial score (nSPS) is 26.7. The van der Waals surface area contributed by atoms with E-state index in [1.807, 2.05) is 0 Å². The summed E-state index contributed by atoms with van der Waals surface area (Å²) in [4.78, 5) is 0. The fraction of sp³-hybridized carbons (Fsp3) is 0.200. The van der Waals surface area contributed by atoms with Crippen molar-refractivity contribution >= 4 is 66.7 Å². The number of alkyl halides is 1. The summed E-state index contributed by atoms with van der Waals surface area (Å²) in [6.07, 6.45) is 0. The smallest absolute Gasteiger partial charge is 0.103 e. The van der Waals surface area contributed by atoms with Crippen molar-refractivity contribution < 1.29 is 0 Å². The number of hydrogen-bond acceptors (Lipinski definition) is 0. The molecule has 0 saturated heterocycles. The second-order valence-electron chi connectivity index (χ2n) is 1.69. The zero-order valence-corrected chi connectivity index (χ0v) is 9.91. The second kappa shape index (κ2) is 3.36. The summed E-state index contributed by atoms with van der Waals surface area (Å²) < 4.78 is 1.52. The van der Waals surface area contributed by atoms with Gasteiger partial charge in [-0.25, -0.2) is 0 Å². The Labute approximate surface area is 90.5 Å². The van der Waals surface area contributed by atoms with Crippen molar-refractivity contribution in [2.75, 3.05) is 0 Å². The Kier molecular flexibility index (Phi) is 3.16. The molecule has 0 heterocycles. The van der Waals surface area contributed by atoms with Crippen LogP contribution in [-0.4, -0.2) is 5.38 Å². The largest absolute Gasteiger partial charge is 0.111 e. The van der Waals surface area contributed by atoms with Crippen molar-refractivity contribution in [3.63, 3.8) is 0 Å². The third kappa shape index (κ3) is 1.42. The van der Waals surface area contributed by atoms with Gasteiger partial charge < -0.3 is 0 Å². The van der Waals surface area contributed by atoms with Crippen LogP contribution in [0, 0.1) is 0 Å². The first-order chi connectivity index (χ1) is 4.55. The molecule has 0 spiro atoms. The summed E-state index contributed by atoms with van der Waals surface area (Å²) in [5, 5.41) is 0.610. The van der Waals surface area contributed by atoms with E-state index in [-0.39, 0.29) is 5.38 Å². The third-order valence-corrected chi connectivity index (χ3v) is 5.20. The van der Waals surface area contributed by atoms with E-state index in [0.29, 0.717) is 10.1 Å². The van der Waals surface area contributed by atoms with Crippen molar-refractivity contribution in [3.05, 3.63) is 19.0 Å². The zero-order valence-electron chi connectivity index (χ0n) is 4.47. The van der Waals surface area contributed by atoms with E-state index in [0.717, 1.165) is 8.96 Å². The van der Waals surface area contributed by atoms with Crippen molar-refractivity contribution in [2.45, 2.75) is 5.38 Å². The maximum absolute atomic E-state index is 5.79. The van der Waals surface area contributed by atoms with E-state index in [1.165, 1.54) is 0 Å². The summed E-state index contributed by atoms with van der Waals surface area (Å²) in [5.74, 6) is 0. The molecule has 0 amide bonds. The minimum absolute atomic E-state index is 0.330. The lowest BCUT2D eigenvalue weighted by atomic mass is 10.5. The van der Waals surface area contributed by atoms with Gasteiger partial charge in [0.15, 0.2) is 0 Å². The Bertz CT molecular complexity index is 207. The van der Waals surface area contributed by atoms with Crippen LogP contribution in [0.4, 0.5) is 0 Å². The highest BCUT2D eigenvalue weighted by molar-refractivity contribution is 9.14. The molecule has 1 unspecified atom stereocenters. The Morgan fingerprint density at radius 2 is 1.70 bits per heavy atom. The van der Waals surface area contributed by atoms with Gasteiger partial charge in [-0.05, 0) is 15.9 Å².